The zero-order valence-electron chi connectivity index (χ0n) is 16.1. The van der Waals surface area contributed by atoms with E-state index >= 15 is 0 Å². The zero-order valence-corrected chi connectivity index (χ0v) is 16.1. The van der Waals surface area contributed by atoms with Crippen molar-refractivity contribution in [1.29, 1.82) is 0 Å². The van der Waals surface area contributed by atoms with Gasteiger partial charge in [0.2, 0.25) is 0 Å². The monoisotopic (exact) mass is 364 g/mol. The minimum atomic E-state index is -0.228. The first-order chi connectivity index (χ1) is 13.0. The molecular formula is C22H25FN4. The molecule has 3 aromatic rings. The van der Waals surface area contributed by atoms with Gasteiger partial charge in [0, 0.05) is 36.0 Å². The first-order valence-electron chi connectivity index (χ1n) is 9.40. The fourth-order valence-electron chi connectivity index (χ4n) is 4.02. The minimum Gasteiger partial charge on any atom is -0.330 e. The highest BCUT2D eigenvalue weighted by molar-refractivity contribution is 5.79. The van der Waals surface area contributed by atoms with Crippen molar-refractivity contribution >= 4 is 0 Å². The zero-order chi connectivity index (χ0) is 19.0. The molecule has 2 aromatic heterocycles. The van der Waals surface area contributed by atoms with Crippen LogP contribution in [0.5, 0.6) is 0 Å². The SMILES string of the molecule is CN1CCC(C)(c2nc(-c3ccncc3)c(-c3ccc(F)cc3)n2C)CC1. The van der Waals surface area contributed by atoms with Crippen LogP contribution in [-0.2, 0) is 12.5 Å². The number of rotatable bonds is 3. The van der Waals surface area contributed by atoms with E-state index < -0.39 is 0 Å². The third kappa shape index (κ3) is 3.28. The molecule has 27 heavy (non-hydrogen) atoms. The summed E-state index contributed by atoms with van der Waals surface area (Å²) >= 11 is 0. The highest BCUT2D eigenvalue weighted by Crippen LogP contribution is 2.40. The molecule has 4 rings (SSSR count). The van der Waals surface area contributed by atoms with Crippen LogP contribution in [0.4, 0.5) is 4.39 Å². The predicted molar refractivity (Wildman–Crippen MR) is 106 cm³/mol. The average molecular weight is 364 g/mol. The first kappa shape index (κ1) is 17.9. The molecule has 1 saturated heterocycles. The Morgan fingerprint density at radius 3 is 2.19 bits per heavy atom. The van der Waals surface area contributed by atoms with E-state index in [-0.39, 0.29) is 11.2 Å². The number of hydrogen-bond donors (Lipinski definition) is 0. The molecule has 1 aliphatic rings. The summed E-state index contributed by atoms with van der Waals surface area (Å²) in [6.07, 6.45) is 5.73. The van der Waals surface area contributed by atoms with Crippen molar-refractivity contribution in [2.45, 2.75) is 25.2 Å². The standard InChI is InChI=1S/C22H25FN4/c1-22(10-14-26(2)15-11-22)21-25-19(16-8-12-24-13-9-16)20(27(21)3)17-4-6-18(23)7-5-17/h4-9,12-13H,10-11,14-15H2,1-3H3. The van der Waals surface area contributed by atoms with E-state index in [4.69, 9.17) is 4.98 Å². The number of benzene rings is 1. The van der Waals surface area contributed by atoms with E-state index in [9.17, 15) is 4.39 Å². The Balaban J connectivity index is 1.89. The van der Waals surface area contributed by atoms with Gasteiger partial charge in [-0.15, -0.1) is 0 Å². The minimum absolute atomic E-state index is 0.0291. The predicted octanol–water partition coefficient (Wildman–Crippen LogP) is 4.27. The van der Waals surface area contributed by atoms with Gasteiger partial charge in [0.15, 0.2) is 0 Å². The third-order valence-electron chi connectivity index (χ3n) is 5.80. The number of likely N-dealkylation sites (tertiary alicyclic amines) is 1. The van der Waals surface area contributed by atoms with Gasteiger partial charge in [-0.1, -0.05) is 6.92 Å². The van der Waals surface area contributed by atoms with E-state index in [1.165, 1.54) is 12.1 Å². The summed E-state index contributed by atoms with van der Waals surface area (Å²) in [5.74, 6) is 0.871. The largest absolute Gasteiger partial charge is 0.330 e. The van der Waals surface area contributed by atoms with Crippen LogP contribution in [0.3, 0.4) is 0 Å². The smallest absolute Gasteiger partial charge is 0.123 e. The van der Waals surface area contributed by atoms with Crippen LogP contribution in [0.15, 0.2) is 48.8 Å². The maximum Gasteiger partial charge on any atom is 0.123 e. The summed E-state index contributed by atoms with van der Waals surface area (Å²) in [6, 6.07) is 10.6. The molecule has 0 amide bonds. The van der Waals surface area contributed by atoms with Crippen molar-refractivity contribution in [3.8, 4) is 22.5 Å². The first-order valence-corrected chi connectivity index (χ1v) is 9.40. The van der Waals surface area contributed by atoms with E-state index in [1.807, 2.05) is 24.3 Å². The van der Waals surface area contributed by atoms with Crippen LogP contribution in [0.2, 0.25) is 0 Å². The molecular weight excluding hydrogens is 339 g/mol. The molecule has 140 valence electrons. The second kappa shape index (κ2) is 6.89. The summed E-state index contributed by atoms with van der Waals surface area (Å²) < 4.78 is 15.7. The van der Waals surface area contributed by atoms with E-state index in [2.05, 4.69) is 35.5 Å². The molecule has 1 aromatic carbocycles. The number of piperidine rings is 1. The molecule has 0 bridgehead atoms. The van der Waals surface area contributed by atoms with Crippen LogP contribution < -0.4 is 0 Å². The fraction of sp³-hybridized carbons (Fsp3) is 0.364. The molecule has 0 aliphatic carbocycles. The van der Waals surface area contributed by atoms with Crippen LogP contribution in [0, 0.1) is 5.82 Å². The Morgan fingerprint density at radius 1 is 0.926 bits per heavy atom. The maximum atomic E-state index is 13.5. The normalized spacial score (nSPS) is 17.2. The van der Waals surface area contributed by atoms with Gasteiger partial charge in [0.1, 0.15) is 11.6 Å². The number of nitrogens with zero attached hydrogens (tertiary/aromatic N) is 4. The van der Waals surface area contributed by atoms with Crippen molar-refractivity contribution in [2.75, 3.05) is 20.1 Å². The average Bonchev–Trinajstić information content (AvgIpc) is 3.04. The Bertz CT molecular complexity index is 923. The lowest BCUT2D eigenvalue weighted by atomic mass is 9.79. The topological polar surface area (TPSA) is 34.0 Å². The van der Waals surface area contributed by atoms with Crippen LogP contribution in [0.25, 0.3) is 22.5 Å². The third-order valence-corrected chi connectivity index (χ3v) is 5.80. The number of hydrogen-bond acceptors (Lipinski definition) is 3. The second-order valence-corrected chi connectivity index (χ2v) is 7.80. The lowest BCUT2D eigenvalue weighted by molar-refractivity contribution is 0.191. The number of halogens is 1. The summed E-state index contributed by atoms with van der Waals surface area (Å²) in [5, 5.41) is 0. The molecule has 0 radical (unpaired) electrons. The van der Waals surface area contributed by atoms with Crippen LogP contribution >= 0.6 is 0 Å². The van der Waals surface area contributed by atoms with E-state index in [0.717, 1.165) is 54.3 Å². The van der Waals surface area contributed by atoms with Gasteiger partial charge >= 0.3 is 0 Å². The highest BCUT2D eigenvalue weighted by Gasteiger charge is 2.36. The van der Waals surface area contributed by atoms with Gasteiger partial charge in [0.25, 0.3) is 0 Å². The molecule has 4 nitrogen and oxygen atoms in total. The van der Waals surface area contributed by atoms with E-state index in [1.54, 1.807) is 12.4 Å². The van der Waals surface area contributed by atoms with Gasteiger partial charge in [-0.05, 0) is 69.4 Å². The quantitative estimate of drug-likeness (QED) is 0.696. The van der Waals surface area contributed by atoms with Crippen molar-refractivity contribution < 1.29 is 4.39 Å². The summed E-state index contributed by atoms with van der Waals surface area (Å²) in [4.78, 5) is 11.6. The Labute approximate surface area is 159 Å². The van der Waals surface area contributed by atoms with Crippen molar-refractivity contribution in [3.05, 3.63) is 60.4 Å². The fourth-order valence-corrected chi connectivity index (χ4v) is 4.02. The summed E-state index contributed by atoms with van der Waals surface area (Å²) in [7, 11) is 4.25. The maximum absolute atomic E-state index is 13.5. The second-order valence-electron chi connectivity index (χ2n) is 7.80. The van der Waals surface area contributed by atoms with Crippen molar-refractivity contribution in [3.63, 3.8) is 0 Å². The molecule has 1 fully saturated rings. The molecule has 3 heterocycles. The summed E-state index contributed by atoms with van der Waals surface area (Å²) in [5.41, 5.74) is 3.99. The number of pyridine rings is 1. The lowest BCUT2D eigenvalue weighted by Gasteiger charge is -2.37. The van der Waals surface area contributed by atoms with Gasteiger partial charge in [-0.3, -0.25) is 4.98 Å². The number of aromatic nitrogens is 3. The Morgan fingerprint density at radius 2 is 1.56 bits per heavy atom. The van der Waals surface area contributed by atoms with Crippen molar-refractivity contribution in [2.24, 2.45) is 7.05 Å². The van der Waals surface area contributed by atoms with Gasteiger partial charge in [-0.2, -0.15) is 0 Å². The Kier molecular flexibility index (Phi) is 4.56. The van der Waals surface area contributed by atoms with E-state index in [0.29, 0.717) is 0 Å². The van der Waals surface area contributed by atoms with Gasteiger partial charge in [0.05, 0.1) is 11.4 Å². The molecule has 0 spiro atoms. The van der Waals surface area contributed by atoms with Crippen molar-refractivity contribution in [1.82, 2.24) is 19.4 Å². The number of imidazole rings is 1. The molecule has 1 aliphatic heterocycles. The molecule has 0 N–H and O–H groups in total. The highest BCUT2D eigenvalue weighted by atomic mass is 19.1. The molecule has 0 saturated carbocycles. The molecule has 0 unspecified atom stereocenters. The lowest BCUT2D eigenvalue weighted by Crippen LogP contribution is -2.40. The molecule has 5 heteroatoms. The molecule has 0 atom stereocenters. The van der Waals surface area contributed by atoms with Gasteiger partial charge in [-0.25, -0.2) is 9.37 Å². The van der Waals surface area contributed by atoms with Crippen LogP contribution in [-0.4, -0.2) is 39.6 Å². The van der Waals surface area contributed by atoms with Gasteiger partial charge < -0.3 is 9.47 Å². The summed E-state index contributed by atoms with van der Waals surface area (Å²) in [6.45, 7) is 4.45. The van der Waals surface area contributed by atoms with Crippen LogP contribution in [0.1, 0.15) is 25.6 Å². The Hall–Kier alpha value is -2.53.